The number of Topliss-reactive ketones (excluding diaryl/α,β-unsaturated/α-hetero) is 2. The number of ether oxygens (including phenoxy) is 9. The molecule has 4 fully saturated rings. The van der Waals surface area contributed by atoms with Gasteiger partial charge in [0.15, 0.2) is 30.4 Å². The number of benzene rings is 1. The zero-order valence-corrected chi connectivity index (χ0v) is 66.6. The predicted octanol–water partition coefficient (Wildman–Crippen LogP) is 4.76. The molecule has 29 nitrogen and oxygen atoms in total. The summed E-state index contributed by atoms with van der Waals surface area (Å²) in [4.78, 5) is 67.6. The van der Waals surface area contributed by atoms with Crippen molar-refractivity contribution in [1.82, 2.24) is 0 Å². The van der Waals surface area contributed by atoms with E-state index in [1.54, 1.807) is 93.5 Å². The van der Waals surface area contributed by atoms with Crippen LogP contribution in [0.15, 0.2) is 54.2 Å². The van der Waals surface area contributed by atoms with Gasteiger partial charge in [-0.25, -0.2) is 4.79 Å². The van der Waals surface area contributed by atoms with Crippen molar-refractivity contribution in [2.24, 2.45) is 35.5 Å². The summed E-state index contributed by atoms with van der Waals surface area (Å²) < 4.78 is 56.0. The van der Waals surface area contributed by atoms with Gasteiger partial charge in [0.2, 0.25) is 5.78 Å². The van der Waals surface area contributed by atoms with Crippen molar-refractivity contribution in [2.45, 2.75) is 376 Å². The predicted molar refractivity (Wildman–Crippen MR) is 400 cm³/mol. The number of allylic oxidation sites excluding steroid dienone is 2. The lowest BCUT2D eigenvalue weighted by atomic mass is 9.78. The van der Waals surface area contributed by atoms with E-state index in [4.69, 9.17) is 42.6 Å². The first-order valence-electron chi connectivity index (χ1n) is 40.2. The number of aliphatic hydroxyl groups is 15. The molecule has 2 bridgehead atoms. The lowest BCUT2D eigenvalue weighted by Crippen LogP contribution is -2.65. The Morgan fingerprint density at radius 3 is 1.91 bits per heavy atom. The summed E-state index contributed by atoms with van der Waals surface area (Å²) in [6.07, 6.45) is -18.4. The Hall–Kier alpha value is -4.49. The number of ketones is 3. The molecular formula is C82H130O29. The molecule has 1 aromatic carbocycles. The normalized spacial score (nSPS) is 40.0. The first kappa shape index (κ1) is 93.7. The van der Waals surface area contributed by atoms with E-state index >= 15 is 0 Å². The molecule has 5 heterocycles. The molecule has 4 saturated heterocycles. The highest BCUT2D eigenvalue weighted by Crippen LogP contribution is 2.41. The van der Waals surface area contributed by atoms with Crippen LogP contribution in [-0.4, -0.2) is 264 Å². The fraction of sp³-hybridized carbons (Fsp3) is 0.793. The smallest absolute Gasteiger partial charge is 0.330 e. The van der Waals surface area contributed by atoms with Gasteiger partial charge in [-0.3, -0.25) is 19.2 Å². The Morgan fingerprint density at radius 1 is 0.631 bits per heavy atom. The summed E-state index contributed by atoms with van der Waals surface area (Å²) >= 11 is 0. The maximum absolute atomic E-state index is 14.2. The highest BCUT2D eigenvalue weighted by atomic mass is 16.7. The molecule has 15 N–H and O–H groups in total. The van der Waals surface area contributed by atoms with Gasteiger partial charge in [0.25, 0.3) is 5.79 Å². The molecule has 1 aliphatic carbocycles. The minimum Gasteiger partial charge on any atom is -0.459 e. The molecule has 5 unspecified atom stereocenters. The van der Waals surface area contributed by atoms with E-state index in [0.717, 1.165) is 6.08 Å². The van der Waals surface area contributed by atoms with Crippen molar-refractivity contribution in [1.29, 1.82) is 0 Å². The van der Waals surface area contributed by atoms with E-state index in [1.165, 1.54) is 25.2 Å². The second-order valence-corrected chi connectivity index (χ2v) is 33.1. The summed E-state index contributed by atoms with van der Waals surface area (Å²) in [5.74, 6) is -11.4. The summed E-state index contributed by atoms with van der Waals surface area (Å²) in [5, 5.41) is 167. The molecule has 1 aromatic rings. The molecule has 0 spiro atoms. The van der Waals surface area contributed by atoms with E-state index in [-0.39, 0.29) is 119 Å². The molecule has 0 amide bonds. The average molecular weight is 1580 g/mol. The van der Waals surface area contributed by atoms with Gasteiger partial charge in [0.05, 0.1) is 115 Å². The van der Waals surface area contributed by atoms with Crippen LogP contribution < -0.4 is 0 Å². The van der Waals surface area contributed by atoms with Gasteiger partial charge in [-0.05, 0) is 174 Å². The number of cyclic esters (lactones) is 1. The van der Waals surface area contributed by atoms with Crippen molar-refractivity contribution in [2.75, 3.05) is 0 Å². The molecule has 33 atom stereocenters. The van der Waals surface area contributed by atoms with Crippen molar-refractivity contribution in [3.8, 4) is 0 Å². The van der Waals surface area contributed by atoms with Crippen LogP contribution in [-0.2, 0) is 57.0 Å². The molecule has 29 heteroatoms. The lowest BCUT2D eigenvalue weighted by molar-refractivity contribution is -0.330. The second kappa shape index (κ2) is 42.6. The summed E-state index contributed by atoms with van der Waals surface area (Å²) in [5.41, 5.74) is -0.351. The first-order valence-corrected chi connectivity index (χ1v) is 40.2. The second-order valence-electron chi connectivity index (χ2n) is 33.1. The van der Waals surface area contributed by atoms with Gasteiger partial charge in [-0.2, -0.15) is 0 Å². The third-order valence-corrected chi connectivity index (χ3v) is 23.5. The topological polar surface area (TPSA) is 472 Å². The van der Waals surface area contributed by atoms with Crippen LogP contribution in [0.3, 0.4) is 0 Å². The summed E-state index contributed by atoms with van der Waals surface area (Å²) in [7, 11) is 0. The molecule has 5 aliphatic heterocycles. The number of fused-ring (bicyclic) bond motifs is 3. The van der Waals surface area contributed by atoms with E-state index in [2.05, 4.69) is 0 Å². The van der Waals surface area contributed by atoms with Crippen molar-refractivity contribution >= 4 is 29.3 Å². The van der Waals surface area contributed by atoms with E-state index in [9.17, 15) is 101 Å². The lowest BCUT2D eigenvalue weighted by Gasteiger charge is -2.47. The van der Waals surface area contributed by atoms with Crippen LogP contribution >= 0.6 is 0 Å². The van der Waals surface area contributed by atoms with Crippen molar-refractivity contribution in [3.05, 3.63) is 70.8 Å². The van der Waals surface area contributed by atoms with Crippen LogP contribution in [0, 0.1) is 35.5 Å². The van der Waals surface area contributed by atoms with Gasteiger partial charge < -0.3 is 119 Å². The Kier molecular flexibility index (Phi) is 35.9. The molecule has 0 radical (unpaired) electrons. The number of esters is 2. The van der Waals surface area contributed by atoms with Gasteiger partial charge in [0.1, 0.15) is 30.5 Å². The Balaban J connectivity index is 0.945. The van der Waals surface area contributed by atoms with E-state index in [0.29, 0.717) is 43.2 Å². The average Bonchev–Trinajstić information content (AvgIpc) is 0.783. The third-order valence-electron chi connectivity index (χ3n) is 23.5. The zero-order valence-electron chi connectivity index (χ0n) is 66.6. The number of hydrogen-bond acceptors (Lipinski definition) is 29. The molecular weight excluding hydrogens is 1450 g/mol. The van der Waals surface area contributed by atoms with Gasteiger partial charge in [0, 0.05) is 72.1 Å². The first-order chi connectivity index (χ1) is 52.1. The van der Waals surface area contributed by atoms with Crippen LogP contribution in [0.1, 0.15) is 244 Å². The fourth-order valence-corrected chi connectivity index (χ4v) is 16.4. The van der Waals surface area contributed by atoms with E-state index < -0.39 is 218 Å². The number of aliphatic hydroxyl groups excluding tert-OH is 13. The summed E-state index contributed by atoms with van der Waals surface area (Å²) in [6.45, 7) is 20.2. The SMILES string of the molecule is CC[C@@H](O[C@@H]1C[C@](C)(O)[C@@H](O[C@H]2CC[C@@H](OC(=O)[C@H](C)[C@H](O[C@@H]3CC[C@@H](O)[C@@H](C)O3)c3ccc4c(c3)C(=O)C=C(C)C4=O)[C@@H](C)O2)[C@@H](C)O1)[C@@H](C)[C@H](O)[C@H](C)[C@H](O)[C@H](C)[C@@H]1OC(=O)/C=C/CC(O)CC(O)CCCC(O)CCC(C)[C@H](O)C(=O)[C@]2(O)O[C@H](C[C@H](O)C[C@H](O)C[C@H](O)CCCC(O)/C=C\[C@H]1C)C[C@@H](O)[C@@H]2O. The highest BCUT2D eigenvalue weighted by Gasteiger charge is 2.56. The quantitative estimate of drug-likeness (QED) is 0.0738. The van der Waals surface area contributed by atoms with Crippen molar-refractivity contribution in [3.63, 3.8) is 0 Å². The van der Waals surface area contributed by atoms with Crippen molar-refractivity contribution < 1.29 is 143 Å². The van der Waals surface area contributed by atoms with Gasteiger partial charge in [-0.15, -0.1) is 0 Å². The van der Waals surface area contributed by atoms with E-state index in [1.807, 2.05) is 6.92 Å². The Morgan fingerprint density at radius 2 is 1.25 bits per heavy atom. The van der Waals surface area contributed by atoms with Gasteiger partial charge >= 0.3 is 11.9 Å². The number of rotatable bonds is 17. The van der Waals surface area contributed by atoms with Gasteiger partial charge in [-0.1, -0.05) is 65.8 Å². The molecule has 7 rings (SSSR count). The fourth-order valence-electron chi connectivity index (χ4n) is 16.4. The standard InChI is InChI=1S/C82H130O29/c1-13-65(106-70-40-81(12,101)79(50(11)105-70)110-69-32-30-66(49(10)104-69)107-80(100)47(8)76(109-68-31-29-62(90)48(9)103-68)51-25-28-60-61(34-51)63(91)33-43(4)71(60)94)44(5)73(96)45(6)74(97)46(7)75-42(3)24-27-53(84)18-15-20-56(87)36-57(88)37-58(89)38-59-39-64(92)77(98)82(102,111-59)78(99)72(95)41(2)23-26-52(83)17-14-19-54(85)35-55(86)21-16-22-67(93)108-75/h16,22,24-25,27-28,33-34,41-42,44-50,52-59,62,64-66,68-70,72-77,79,83-90,92,95-98,101-102H,13-15,17-21,23,26,29-32,35-40H2,1-12H3/b22-16+,27-24-/t41?,42-,44-,45+,46+,47-,48-,49-,50-,52?,53?,54?,55?,56-,57-,58-,59-,62-,64-,65-,66-,68-,69+,70-,72+,73+,74+,75-,76+,77+,79+,81+,82-/m1/s1. The minimum atomic E-state index is -3.06. The third kappa shape index (κ3) is 26.0. The highest BCUT2D eigenvalue weighted by molar-refractivity contribution is 6.24. The number of carbonyl (C=O) groups excluding carboxylic acids is 5. The summed E-state index contributed by atoms with van der Waals surface area (Å²) in [6, 6.07) is 4.76. The number of hydrogen-bond donors (Lipinski definition) is 15. The Labute approximate surface area is 652 Å². The molecule has 111 heavy (non-hydrogen) atoms. The van der Waals surface area contributed by atoms with Crippen LogP contribution in [0.5, 0.6) is 0 Å². The maximum atomic E-state index is 14.2. The Bertz CT molecular complexity index is 3220. The molecule has 6 aliphatic rings. The largest absolute Gasteiger partial charge is 0.459 e. The monoisotopic (exact) mass is 1580 g/mol. The molecule has 632 valence electrons. The molecule has 0 saturated carbocycles. The minimum absolute atomic E-state index is 0.0589. The maximum Gasteiger partial charge on any atom is 0.330 e. The zero-order chi connectivity index (χ0) is 82.3. The number of carbonyl (C=O) groups is 5. The van der Waals surface area contributed by atoms with Crippen LogP contribution in [0.4, 0.5) is 0 Å². The van der Waals surface area contributed by atoms with Crippen LogP contribution in [0.25, 0.3) is 0 Å². The molecule has 0 aromatic heterocycles. The van der Waals surface area contributed by atoms with Crippen LogP contribution in [0.2, 0.25) is 0 Å².